The van der Waals surface area contributed by atoms with E-state index in [-0.39, 0.29) is 11.6 Å². The van der Waals surface area contributed by atoms with Crippen molar-refractivity contribution in [2.24, 2.45) is 7.05 Å². The third-order valence-corrected chi connectivity index (χ3v) is 2.85. The van der Waals surface area contributed by atoms with Crippen molar-refractivity contribution in [2.45, 2.75) is 12.3 Å². The Morgan fingerprint density at radius 1 is 1.53 bits per heavy atom. The highest BCUT2D eigenvalue weighted by molar-refractivity contribution is 5.86. The van der Waals surface area contributed by atoms with Crippen LogP contribution in [0, 0.1) is 0 Å². The smallest absolute Gasteiger partial charge is 0.358 e. The number of carboxylic acid groups (broad SMARTS) is 1. The number of carboxylic acids is 1. The highest BCUT2D eigenvalue weighted by Gasteiger charge is 2.29. The first-order valence-electron chi connectivity index (χ1n) is 4.91. The molecule has 2 heterocycles. The van der Waals surface area contributed by atoms with E-state index in [0.717, 1.165) is 25.2 Å². The van der Waals surface area contributed by atoms with Crippen LogP contribution < -0.4 is 0 Å². The molecule has 0 radical (unpaired) electrons. The van der Waals surface area contributed by atoms with Gasteiger partial charge in [0.05, 0.1) is 5.69 Å². The van der Waals surface area contributed by atoms with Gasteiger partial charge >= 0.3 is 5.97 Å². The van der Waals surface area contributed by atoms with Crippen LogP contribution in [0.4, 0.5) is 0 Å². The maximum absolute atomic E-state index is 10.9. The summed E-state index contributed by atoms with van der Waals surface area (Å²) < 4.78 is 1.58. The Balaban J connectivity index is 2.34. The molecule has 0 bridgehead atoms. The minimum absolute atomic E-state index is 0.0952. The summed E-state index contributed by atoms with van der Waals surface area (Å²) in [6.45, 7) is 1.87. The number of hydrogen-bond acceptors (Lipinski definition) is 4. The van der Waals surface area contributed by atoms with E-state index in [2.05, 4.69) is 15.2 Å². The largest absolute Gasteiger partial charge is 0.476 e. The lowest BCUT2D eigenvalue weighted by molar-refractivity contribution is 0.0688. The van der Waals surface area contributed by atoms with E-state index in [1.54, 1.807) is 11.7 Å². The number of hydrogen-bond donors (Lipinski definition) is 1. The molecule has 0 saturated carbocycles. The number of likely N-dealkylation sites (N-methyl/N-ethyl adjacent to an activating group) is 1. The van der Waals surface area contributed by atoms with Crippen LogP contribution in [0.15, 0.2) is 0 Å². The van der Waals surface area contributed by atoms with Crippen molar-refractivity contribution in [3.8, 4) is 0 Å². The minimum atomic E-state index is -0.993. The van der Waals surface area contributed by atoms with Crippen LogP contribution in [0.25, 0.3) is 0 Å². The molecule has 82 valence electrons. The lowest BCUT2D eigenvalue weighted by Gasteiger charge is -2.10. The molecular weight excluding hydrogens is 196 g/mol. The highest BCUT2D eigenvalue weighted by atomic mass is 16.4. The second-order valence-corrected chi connectivity index (χ2v) is 4.00. The van der Waals surface area contributed by atoms with Gasteiger partial charge in [-0.3, -0.25) is 4.68 Å². The molecule has 15 heavy (non-hydrogen) atoms. The average molecular weight is 210 g/mol. The molecule has 6 nitrogen and oxygen atoms in total. The van der Waals surface area contributed by atoms with Gasteiger partial charge in [-0.2, -0.15) is 0 Å². The van der Waals surface area contributed by atoms with Crippen molar-refractivity contribution in [1.82, 2.24) is 19.9 Å². The third kappa shape index (κ3) is 1.72. The molecule has 1 aliphatic rings. The van der Waals surface area contributed by atoms with E-state index in [0.29, 0.717) is 0 Å². The van der Waals surface area contributed by atoms with E-state index < -0.39 is 5.97 Å². The molecule has 0 spiro atoms. The van der Waals surface area contributed by atoms with Crippen molar-refractivity contribution in [3.63, 3.8) is 0 Å². The fraction of sp³-hybridized carbons (Fsp3) is 0.667. The van der Waals surface area contributed by atoms with Crippen LogP contribution in [-0.2, 0) is 7.05 Å². The zero-order valence-electron chi connectivity index (χ0n) is 8.84. The predicted molar refractivity (Wildman–Crippen MR) is 52.8 cm³/mol. The summed E-state index contributed by atoms with van der Waals surface area (Å²) >= 11 is 0. The van der Waals surface area contributed by atoms with Gasteiger partial charge in [0.2, 0.25) is 0 Å². The maximum Gasteiger partial charge on any atom is 0.358 e. The van der Waals surface area contributed by atoms with Gasteiger partial charge in [-0.05, 0) is 20.0 Å². The summed E-state index contributed by atoms with van der Waals surface area (Å²) in [6.07, 6.45) is 0.970. The third-order valence-electron chi connectivity index (χ3n) is 2.85. The number of carbonyl (C=O) groups is 1. The Kier molecular flexibility index (Phi) is 2.44. The standard InChI is InChI=1S/C9H14N4O2/c1-12-4-3-6(5-12)8-7(9(14)15)10-11-13(8)2/h6H,3-5H2,1-2H3,(H,14,15). The molecule has 1 aliphatic heterocycles. The van der Waals surface area contributed by atoms with Gasteiger partial charge in [0.25, 0.3) is 0 Å². The monoisotopic (exact) mass is 210 g/mol. The predicted octanol–water partition coefficient (Wildman–Crippen LogP) is -0.0676. The van der Waals surface area contributed by atoms with Crippen LogP contribution in [0.3, 0.4) is 0 Å². The Hall–Kier alpha value is -1.43. The normalized spacial score (nSPS) is 22.1. The lowest BCUT2D eigenvalue weighted by atomic mass is 10.0. The zero-order chi connectivity index (χ0) is 11.0. The fourth-order valence-corrected chi connectivity index (χ4v) is 2.13. The zero-order valence-corrected chi connectivity index (χ0v) is 8.84. The number of rotatable bonds is 2. The summed E-state index contributed by atoms with van der Waals surface area (Å²) in [5.41, 5.74) is 0.838. The second kappa shape index (κ2) is 3.62. The molecule has 6 heteroatoms. The summed E-state index contributed by atoms with van der Waals surface area (Å²) in [6, 6.07) is 0. The molecule has 1 N–H and O–H groups in total. The first kappa shape index (κ1) is 10.1. The average Bonchev–Trinajstić information content (AvgIpc) is 2.71. The summed E-state index contributed by atoms with van der Waals surface area (Å²) in [4.78, 5) is 13.1. The number of aromatic nitrogens is 3. The topological polar surface area (TPSA) is 71.2 Å². The molecule has 1 saturated heterocycles. The van der Waals surface area contributed by atoms with Gasteiger partial charge in [-0.1, -0.05) is 5.21 Å². The van der Waals surface area contributed by atoms with Gasteiger partial charge in [0, 0.05) is 19.5 Å². The van der Waals surface area contributed by atoms with Gasteiger partial charge in [-0.25, -0.2) is 4.79 Å². The highest BCUT2D eigenvalue weighted by Crippen LogP contribution is 2.27. The van der Waals surface area contributed by atoms with E-state index in [4.69, 9.17) is 5.11 Å². The molecule has 1 aromatic heterocycles. The van der Waals surface area contributed by atoms with E-state index in [1.165, 1.54) is 0 Å². The summed E-state index contributed by atoms with van der Waals surface area (Å²) in [5.74, 6) is -0.756. The Morgan fingerprint density at radius 3 is 2.80 bits per heavy atom. The molecule has 1 fully saturated rings. The van der Waals surface area contributed by atoms with E-state index in [9.17, 15) is 4.79 Å². The molecule has 2 rings (SSSR count). The number of aryl methyl sites for hydroxylation is 1. The van der Waals surface area contributed by atoms with Crippen molar-refractivity contribution >= 4 is 5.97 Å². The number of likely N-dealkylation sites (tertiary alicyclic amines) is 1. The van der Waals surface area contributed by atoms with Gasteiger partial charge in [0.1, 0.15) is 0 Å². The van der Waals surface area contributed by atoms with Gasteiger partial charge < -0.3 is 10.0 Å². The Morgan fingerprint density at radius 2 is 2.27 bits per heavy atom. The Bertz CT molecular complexity index is 387. The lowest BCUT2D eigenvalue weighted by Crippen LogP contribution is -2.16. The van der Waals surface area contributed by atoms with Crippen LogP contribution in [0.1, 0.15) is 28.5 Å². The van der Waals surface area contributed by atoms with Crippen molar-refractivity contribution in [2.75, 3.05) is 20.1 Å². The molecule has 0 aromatic carbocycles. The quantitative estimate of drug-likeness (QED) is 0.740. The molecular formula is C9H14N4O2. The minimum Gasteiger partial charge on any atom is -0.476 e. The van der Waals surface area contributed by atoms with Gasteiger partial charge in [0.15, 0.2) is 5.69 Å². The molecule has 1 aromatic rings. The molecule has 0 amide bonds. The maximum atomic E-state index is 10.9. The van der Waals surface area contributed by atoms with Crippen LogP contribution >= 0.6 is 0 Å². The Labute approximate surface area is 87.5 Å². The van der Waals surface area contributed by atoms with E-state index >= 15 is 0 Å². The summed E-state index contributed by atoms with van der Waals surface area (Å²) in [5, 5.41) is 16.4. The summed E-state index contributed by atoms with van der Waals surface area (Å²) in [7, 11) is 3.78. The molecule has 1 atom stereocenters. The number of nitrogens with zero attached hydrogens (tertiary/aromatic N) is 4. The van der Waals surface area contributed by atoms with Crippen LogP contribution in [0.5, 0.6) is 0 Å². The fourth-order valence-electron chi connectivity index (χ4n) is 2.13. The first-order valence-corrected chi connectivity index (χ1v) is 4.91. The van der Waals surface area contributed by atoms with E-state index in [1.807, 2.05) is 7.05 Å². The first-order chi connectivity index (χ1) is 7.09. The van der Waals surface area contributed by atoms with Crippen LogP contribution in [-0.4, -0.2) is 51.1 Å². The second-order valence-electron chi connectivity index (χ2n) is 4.00. The molecule has 0 aliphatic carbocycles. The van der Waals surface area contributed by atoms with Crippen molar-refractivity contribution in [1.29, 1.82) is 0 Å². The van der Waals surface area contributed by atoms with Crippen LogP contribution in [0.2, 0.25) is 0 Å². The van der Waals surface area contributed by atoms with Gasteiger partial charge in [-0.15, -0.1) is 5.10 Å². The van der Waals surface area contributed by atoms with Crippen molar-refractivity contribution < 1.29 is 9.90 Å². The van der Waals surface area contributed by atoms with Crippen molar-refractivity contribution in [3.05, 3.63) is 11.4 Å². The number of aromatic carboxylic acids is 1. The molecule has 1 unspecified atom stereocenters. The SMILES string of the molecule is CN1CCC(c2c(C(=O)O)nnn2C)C1.